The highest BCUT2D eigenvalue weighted by atomic mass is 16.5. The third-order valence-electron chi connectivity index (χ3n) is 4.43. The van der Waals surface area contributed by atoms with E-state index >= 15 is 0 Å². The summed E-state index contributed by atoms with van der Waals surface area (Å²) in [6.45, 7) is 0.736. The van der Waals surface area contributed by atoms with E-state index in [4.69, 9.17) is 4.74 Å². The van der Waals surface area contributed by atoms with Gasteiger partial charge in [0, 0.05) is 31.8 Å². The summed E-state index contributed by atoms with van der Waals surface area (Å²) in [6.07, 6.45) is 7.96. The fourth-order valence-electron chi connectivity index (χ4n) is 3.22. The van der Waals surface area contributed by atoms with Crippen molar-refractivity contribution in [3.8, 4) is 0 Å². The third kappa shape index (κ3) is 4.45. The molecule has 1 fully saturated rings. The average Bonchev–Trinajstić information content (AvgIpc) is 3.02. The zero-order valence-electron chi connectivity index (χ0n) is 14.1. The Kier molecular flexibility index (Phi) is 5.64. The smallest absolute Gasteiger partial charge is 0.220 e. The first-order chi connectivity index (χ1) is 11.7. The molecule has 1 aliphatic heterocycles. The van der Waals surface area contributed by atoms with E-state index in [9.17, 15) is 4.79 Å². The van der Waals surface area contributed by atoms with Crippen LogP contribution in [0.2, 0.25) is 0 Å². The lowest BCUT2D eigenvalue weighted by atomic mass is 9.97. The molecule has 0 bridgehead atoms. The number of aryl methyl sites for hydroxylation is 2. The lowest BCUT2D eigenvalue weighted by molar-refractivity contribution is -0.124. The number of nitrogens with one attached hydrogen (secondary N) is 1. The van der Waals surface area contributed by atoms with Crippen LogP contribution in [0, 0.1) is 0 Å². The number of benzene rings is 1. The van der Waals surface area contributed by atoms with Crippen molar-refractivity contribution >= 4 is 5.91 Å². The Labute approximate surface area is 143 Å². The summed E-state index contributed by atoms with van der Waals surface area (Å²) in [4.78, 5) is 12.3. The van der Waals surface area contributed by atoms with Gasteiger partial charge in [0.2, 0.25) is 5.91 Å². The van der Waals surface area contributed by atoms with E-state index in [1.54, 1.807) is 4.68 Å². The van der Waals surface area contributed by atoms with Crippen molar-refractivity contribution in [1.29, 1.82) is 0 Å². The van der Waals surface area contributed by atoms with Gasteiger partial charge in [0.05, 0.1) is 12.2 Å². The van der Waals surface area contributed by atoms with Crippen LogP contribution in [0.1, 0.15) is 42.9 Å². The topological polar surface area (TPSA) is 56.1 Å². The second-order valence-electron chi connectivity index (χ2n) is 6.39. The van der Waals surface area contributed by atoms with Gasteiger partial charge in [-0.15, -0.1) is 0 Å². The molecule has 3 rings (SSSR count). The van der Waals surface area contributed by atoms with Crippen molar-refractivity contribution in [3.63, 3.8) is 0 Å². The van der Waals surface area contributed by atoms with Crippen LogP contribution in [-0.4, -0.2) is 28.3 Å². The maximum atomic E-state index is 12.3. The molecule has 5 nitrogen and oxygen atoms in total. The second kappa shape index (κ2) is 8.11. The van der Waals surface area contributed by atoms with E-state index in [2.05, 4.69) is 22.5 Å². The number of carbonyl (C=O) groups is 1. The van der Waals surface area contributed by atoms with E-state index in [0.717, 1.165) is 37.9 Å². The van der Waals surface area contributed by atoms with Gasteiger partial charge in [0.1, 0.15) is 6.10 Å². The molecule has 0 unspecified atom stereocenters. The number of carbonyl (C=O) groups excluding carboxylic acids is 1. The van der Waals surface area contributed by atoms with Gasteiger partial charge < -0.3 is 10.1 Å². The van der Waals surface area contributed by atoms with Crippen molar-refractivity contribution in [1.82, 2.24) is 15.1 Å². The minimum absolute atomic E-state index is 0.0344. The van der Waals surface area contributed by atoms with Gasteiger partial charge >= 0.3 is 0 Å². The summed E-state index contributed by atoms with van der Waals surface area (Å²) < 4.78 is 7.67. The van der Waals surface area contributed by atoms with E-state index in [1.807, 2.05) is 37.6 Å². The van der Waals surface area contributed by atoms with Gasteiger partial charge in [0.25, 0.3) is 0 Å². The van der Waals surface area contributed by atoms with Gasteiger partial charge in [-0.3, -0.25) is 9.48 Å². The molecule has 0 radical (unpaired) electrons. The molecule has 24 heavy (non-hydrogen) atoms. The standard InChI is InChI=1S/C19H25N3O2/c1-22-14-16(13-20-22)19-17(10-6-12-24-19)21-18(23)11-5-9-15-7-3-2-4-8-15/h2-4,7-8,13-14,17,19H,5-6,9-12H2,1H3,(H,21,23)/t17-,19+/m0/s1. The maximum Gasteiger partial charge on any atom is 0.220 e. The van der Waals surface area contributed by atoms with Crippen LogP contribution < -0.4 is 5.32 Å². The lowest BCUT2D eigenvalue weighted by Gasteiger charge is -2.31. The molecular weight excluding hydrogens is 302 g/mol. The van der Waals surface area contributed by atoms with Gasteiger partial charge in [-0.25, -0.2) is 0 Å². The van der Waals surface area contributed by atoms with Crippen molar-refractivity contribution in [3.05, 3.63) is 53.9 Å². The monoisotopic (exact) mass is 327 g/mol. The van der Waals surface area contributed by atoms with Crippen molar-refractivity contribution in [2.24, 2.45) is 7.05 Å². The molecule has 2 atom stereocenters. The molecule has 1 amide bonds. The number of hydrogen-bond acceptors (Lipinski definition) is 3. The van der Waals surface area contributed by atoms with E-state index < -0.39 is 0 Å². The molecule has 2 aromatic rings. The summed E-state index contributed by atoms with van der Waals surface area (Å²) in [5.74, 6) is 0.107. The predicted molar refractivity (Wildman–Crippen MR) is 92.4 cm³/mol. The average molecular weight is 327 g/mol. The minimum Gasteiger partial charge on any atom is -0.371 e. The van der Waals surface area contributed by atoms with Crippen LogP contribution in [-0.2, 0) is 23.0 Å². The molecule has 0 saturated carbocycles. The summed E-state index contributed by atoms with van der Waals surface area (Å²) in [5, 5.41) is 7.37. The van der Waals surface area contributed by atoms with Crippen LogP contribution in [0.4, 0.5) is 0 Å². The number of hydrogen-bond donors (Lipinski definition) is 1. The number of nitrogens with zero attached hydrogens (tertiary/aromatic N) is 2. The SMILES string of the molecule is Cn1cc([C@H]2OCCC[C@@H]2NC(=O)CCCc2ccccc2)cn1. The van der Waals surface area contributed by atoms with Gasteiger partial charge in [-0.1, -0.05) is 30.3 Å². The van der Waals surface area contributed by atoms with Crippen molar-refractivity contribution in [2.45, 2.75) is 44.2 Å². The number of ether oxygens (including phenoxy) is 1. The molecule has 2 heterocycles. The molecule has 0 aliphatic carbocycles. The van der Waals surface area contributed by atoms with Crippen LogP contribution in [0.5, 0.6) is 0 Å². The highest BCUT2D eigenvalue weighted by Crippen LogP contribution is 2.28. The molecule has 1 aromatic carbocycles. The van der Waals surface area contributed by atoms with Crippen LogP contribution >= 0.6 is 0 Å². The van der Waals surface area contributed by atoms with Crippen LogP contribution in [0.15, 0.2) is 42.7 Å². The Morgan fingerprint density at radius 3 is 2.96 bits per heavy atom. The highest BCUT2D eigenvalue weighted by Gasteiger charge is 2.29. The fraction of sp³-hybridized carbons (Fsp3) is 0.474. The molecule has 128 valence electrons. The molecule has 1 aromatic heterocycles. The van der Waals surface area contributed by atoms with Crippen molar-refractivity contribution in [2.75, 3.05) is 6.61 Å². The van der Waals surface area contributed by atoms with E-state index in [1.165, 1.54) is 5.56 Å². The Bertz CT molecular complexity index is 654. The Morgan fingerprint density at radius 2 is 2.21 bits per heavy atom. The third-order valence-corrected chi connectivity index (χ3v) is 4.43. The quantitative estimate of drug-likeness (QED) is 0.887. The van der Waals surface area contributed by atoms with E-state index in [0.29, 0.717) is 6.42 Å². The first-order valence-corrected chi connectivity index (χ1v) is 8.66. The Hall–Kier alpha value is -2.14. The van der Waals surface area contributed by atoms with Crippen molar-refractivity contribution < 1.29 is 9.53 Å². The lowest BCUT2D eigenvalue weighted by Crippen LogP contribution is -2.42. The van der Waals surface area contributed by atoms with E-state index in [-0.39, 0.29) is 18.1 Å². The normalized spacial score (nSPS) is 20.7. The zero-order valence-corrected chi connectivity index (χ0v) is 14.1. The zero-order chi connectivity index (χ0) is 16.8. The van der Waals surface area contributed by atoms with Crippen LogP contribution in [0.3, 0.4) is 0 Å². The molecule has 0 spiro atoms. The minimum atomic E-state index is -0.0921. The summed E-state index contributed by atoms with van der Waals surface area (Å²) in [5.41, 5.74) is 2.31. The Morgan fingerprint density at radius 1 is 1.38 bits per heavy atom. The second-order valence-corrected chi connectivity index (χ2v) is 6.39. The van der Waals surface area contributed by atoms with Gasteiger partial charge in [-0.05, 0) is 31.2 Å². The molecule has 1 saturated heterocycles. The highest BCUT2D eigenvalue weighted by molar-refractivity contribution is 5.76. The molecule has 1 N–H and O–H groups in total. The molecular formula is C19H25N3O2. The summed E-state index contributed by atoms with van der Waals surface area (Å²) in [7, 11) is 1.89. The number of aromatic nitrogens is 2. The number of rotatable bonds is 6. The molecule has 1 aliphatic rings. The molecule has 5 heteroatoms. The first-order valence-electron chi connectivity index (χ1n) is 8.66. The maximum absolute atomic E-state index is 12.3. The largest absolute Gasteiger partial charge is 0.371 e. The van der Waals surface area contributed by atoms with Gasteiger partial charge in [0.15, 0.2) is 0 Å². The van der Waals surface area contributed by atoms with Gasteiger partial charge in [-0.2, -0.15) is 5.10 Å². The fourth-order valence-corrected chi connectivity index (χ4v) is 3.22. The number of amides is 1. The van der Waals surface area contributed by atoms with Crippen LogP contribution in [0.25, 0.3) is 0 Å². The summed E-state index contributed by atoms with van der Waals surface area (Å²) in [6, 6.07) is 10.3. The predicted octanol–water partition coefficient (Wildman–Crippen LogP) is 2.78. The first kappa shape index (κ1) is 16.7. The summed E-state index contributed by atoms with van der Waals surface area (Å²) >= 11 is 0. The Balaban J connectivity index is 1.50.